The van der Waals surface area contributed by atoms with E-state index in [0.29, 0.717) is 6.42 Å². The van der Waals surface area contributed by atoms with Crippen molar-refractivity contribution in [1.82, 2.24) is 4.90 Å². The maximum absolute atomic E-state index is 12.0. The van der Waals surface area contributed by atoms with Crippen molar-refractivity contribution >= 4 is 11.6 Å². The first kappa shape index (κ1) is 13.9. The van der Waals surface area contributed by atoms with Gasteiger partial charge in [-0.1, -0.05) is 18.2 Å². The fourth-order valence-electron chi connectivity index (χ4n) is 2.47. The van der Waals surface area contributed by atoms with Gasteiger partial charge >= 0.3 is 0 Å². The third-order valence-electron chi connectivity index (χ3n) is 3.47. The monoisotopic (exact) mass is 261 g/mol. The van der Waals surface area contributed by atoms with E-state index in [1.165, 1.54) is 5.69 Å². The van der Waals surface area contributed by atoms with E-state index in [4.69, 9.17) is 5.73 Å². The number of benzene rings is 1. The number of amides is 1. The van der Waals surface area contributed by atoms with Crippen LogP contribution in [0.15, 0.2) is 30.3 Å². The first-order valence-electron chi connectivity index (χ1n) is 7.00. The molecule has 1 atom stereocenters. The summed E-state index contributed by atoms with van der Waals surface area (Å²) in [6.07, 6.45) is 1.46. The van der Waals surface area contributed by atoms with Gasteiger partial charge in [0.25, 0.3) is 0 Å². The molecule has 4 nitrogen and oxygen atoms in total. The van der Waals surface area contributed by atoms with Crippen molar-refractivity contribution in [1.29, 1.82) is 0 Å². The zero-order valence-corrected chi connectivity index (χ0v) is 11.6. The molecule has 1 aromatic carbocycles. The molecule has 1 aliphatic rings. The number of nitrogens with zero attached hydrogens (tertiary/aromatic N) is 2. The Hall–Kier alpha value is -1.55. The van der Waals surface area contributed by atoms with Crippen molar-refractivity contribution < 1.29 is 4.79 Å². The van der Waals surface area contributed by atoms with Gasteiger partial charge in [0.15, 0.2) is 0 Å². The predicted octanol–water partition coefficient (Wildman–Crippen LogP) is 1.46. The summed E-state index contributed by atoms with van der Waals surface area (Å²) in [4.78, 5) is 16.3. The van der Waals surface area contributed by atoms with Gasteiger partial charge < -0.3 is 15.5 Å². The quantitative estimate of drug-likeness (QED) is 0.896. The van der Waals surface area contributed by atoms with Crippen LogP contribution in [0.4, 0.5) is 5.69 Å². The van der Waals surface area contributed by atoms with E-state index in [0.717, 1.165) is 32.6 Å². The molecule has 104 valence electrons. The van der Waals surface area contributed by atoms with E-state index in [9.17, 15) is 4.79 Å². The third kappa shape index (κ3) is 3.96. The van der Waals surface area contributed by atoms with E-state index in [1.54, 1.807) is 0 Å². The zero-order chi connectivity index (χ0) is 13.7. The maximum Gasteiger partial charge on any atom is 0.224 e. The van der Waals surface area contributed by atoms with E-state index in [-0.39, 0.29) is 11.9 Å². The van der Waals surface area contributed by atoms with Gasteiger partial charge in [0.05, 0.1) is 0 Å². The Kier molecular flexibility index (Phi) is 4.80. The minimum atomic E-state index is -0.0546. The van der Waals surface area contributed by atoms with Crippen molar-refractivity contribution in [2.75, 3.05) is 31.1 Å². The summed E-state index contributed by atoms with van der Waals surface area (Å²) in [5, 5.41) is 0. The average molecular weight is 261 g/mol. The molecule has 1 fully saturated rings. The summed E-state index contributed by atoms with van der Waals surface area (Å²) in [5.41, 5.74) is 6.94. The number of hydrogen-bond donors (Lipinski definition) is 1. The lowest BCUT2D eigenvalue weighted by atomic mass is 10.2. The van der Waals surface area contributed by atoms with Gasteiger partial charge in [-0.05, 0) is 25.5 Å². The van der Waals surface area contributed by atoms with Crippen LogP contribution in [0.1, 0.15) is 19.8 Å². The molecule has 0 spiro atoms. The van der Waals surface area contributed by atoms with Crippen molar-refractivity contribution in [3.05, 3.63) is 30.3 Å². The Morgan fingerprint density at radius 3 is 2.63 bits per heavy atom. The van der Waals surface area contributed by atoms with Gasteiger partial charge in [-0.15, -0.1) is 0 Å². The molecule has 2 rings (SSSR count). The van der Waals surface area contributed by atoms with Gasteiger partial charge in [-0.3, -0.25) is 4.79 Å². The number of nitrogens with two attached hydrogens (primary N) is 1. The Morgan fingerprint density at radius 1 is 1.21 bits per heavy atom. The van der Waals surface area contributed by atoms with Gasteiger partial charge in [0, 0.05) is 44.3 Å². The largest absolute Gasteiger partial charge is 0.370 e. The lowest BCUT2D eigenvalue weighted by molar-refractivity contribution is -0.131. The number of hydrogen-bond acceptors (Lipinski definition) is 3. The van der Waals surface area contributed by atoms with Crippen LogP contribution in [-0.4, -0.2) is 43.0 Å². The SMILES string of the molecule is CC(N)CC(=O)N1CCCN(c2ccccc2)CC1. The molecule has 1 amide bonds. The summed E-state index contributed by atoms with van der Waals surface area (Å²) in [6.45, 7) is 5.42. The second kappa shape index (κ2) is 6.57. The second-order valence-electron chi connectivity index (χ2n) is 5.24. The normalized spacial score (nSPS) is 18.0. The van der Waals surface area contributed by atoms with Crippen LogP contribution in [0.25, 0.3) is 0 Å². The minimum absolute atomic E-state index is 0.0546. The van der Waals surface area contributed by atoms with Crippen LogP contribution < -0.4 is 10.6 Å². The highest BCUT2D eigenvalue weighted by Gasteiger charge is 2.19. The molecule has 1 saturated heterocycles. The Balaban J connectivity index is 1.93. The molecule has 0 saturated carbocycles. The van der Waals surface area contributed by atoms with E-state index in [1.807, 2.05) is 17.9 Å². The lowest BCUT2D eigenvalue weighted by Crippen LogP contribution is -2.37. The number of para-hydroxylation sites is 1. The molecule has 0 aliphatic carbocycles. The molecular formula is C15H23N3O. The van der Waals surface area contributed by atoms with Crippen molar-refractivity contribution in [2.24, 2.45) is 5.73 Å². The number of anilines is 1. The first-order valence-corrected chi connectivity index (χ1v) is 7.00. The number of carbonyl (C=O) groups excluding carboxylic acids is 1. The van der Waals surface area contributed by atoms with Gasteiger partial charge in [0.2, 0.25) is 5.91 Å². The van der Waals surface area contributed by atoms with Gasteiger partial charge in [0.1, 0.15) is 0 Å². The summed E-state index contributed by atoms with van der Waals surface area (Å²) in [6, 6.07) is 10.3. The molecule has 0 radical (unpaired) electrons. The maximum atomic E-state index is 12.0. The first-order chi connectivity index (χ1) is 9.16. The molecule has 1 heterocycles. The van der Waals surface area contributed by atoms with E-state index in [2.05, 4.69) is 29.2 Å². The second-order valence-corrected chi connectivity index (χ2v) is 5.24. The number of rotatable bonds is 3. The average Bonchev–Trinajstić information content (AvgIpc) is 2.64. The molecular weight excluding hydrogens is 238 g/mol. The molecule has 4 heteroatoms. The van der Waals surface area contributed by atoms with E-state index >= 15 is 0 Å². The third-order valence-corrected chi connectivity index (χ3v) is 3.47. The smallest absolute Gasteiger partial charge is 0.224 e. The summed E-state index contributed by atoms with van der Waals surface area (Å²) in [7, 11) is 0. The summed E-state index contributed by atoms with van der Waals surface area (Å²) >= 11 is 0. The van der Waals surface area contributed by atoms with Crippen LogP contribution in [0, 0.1) is 0 Å². The number of carbonyl (C=O) groups is 1. The Labute approximate surface area is 115 Å². The highest BCUT2D eigenvalue weighted by Crippen LogP contribution is 2.16. The molecule has 2 N–H and O–H groups in total. The van der Waals surface area contributed by atoms with E-state index < -0.39 is 0 Å². The molecule has 1 aromatic rings. The fourth-order valence-corrected chi connectivity index (χ4v) is 2.47. The molecule has 0 aromatic heterocycles. The summed E-state index contributed by atoms with van der Waals surface area (Å²) in [5.74, 6) is 0.185. The topological polar surface area (TPSA) is 49.6 Å². The van der Waals surface area contributed by atoms with Gasteiger partial charge in [-0.25, -0.2) is 0 Å². The van der Waals surface area contributed by atoms with Gasteiger partial charge in [-0.2, -0.15) is 0 Å². The van der Waals surface area contributed by atoms with Crippen LogP contribution in [0.5, 0.6) is 0 Å². The minimum Gasteiger partial charge on any atom is -0.370 e. The fraction of sp³-hybridized carbons (Fsp3) is 0.533. The molecule has 1 aliphatic heterocycles. The van der Waals surface area contributed by atoms with Crippen LogP contribution in [0.2, 0.25) is 0 Å². The Bertz CT molecular complexity index is 405. The highest BCUT2D eigenvalue weighted by molar-refractivity contribution is 5.76. The van der Waals surface area contributed by atoms with Crippen molar-refractivity contribution in [3.8, 4) is 0 Å². The highest BCUT2D eigenvalue weighted by atomic mass is 16.2. The molecule has 19 heavy (non-hydrogen) atoms. The predicted molar refractivity (Wildman–Crippen MR) is 78.1 cm³/mol. The van der Waals surface area contributed by atoms with Crippen LogP contribution in [0.3, 0.4) is 0 Å². The zero-order valence-electron chi connectivity index (χ0n) is 11.6. The standard InChI is InChI=1S/C15H23N3O/c1-13(16)12-15(19)18-9-5-8-17(10-11-18)14-6-3-2-4-7-14/h2-4,6-7,13H,5,8-12,16H2,1H3. The summed E-state index contributed by atoms with van der Waals surface area (Å²) < 4.78 is 0. The molecule has 0 bridgehead atoms. The van der Waals surface area contributed by atoms with Crippen LogP contribution in [-0.2, 0) is 4.79 Å². The molecule has 1 unspecified atom stereocenters. The van der Waals surface area contributed by atoms with Crippen LogP contribution >= 0.6 is 0 Å². The van der Waals surface area contributed by atoms with Crippen molar-refractivity contribution in [3.63, 3.8) is 0 Å². The Morgan fingerprint density at radius 2 is 1.95 bits per heavy atom. The lowest BCUT2D eigenvalue weighted by Gasteiger charge is -2.24. The van der Waals surface area contributed by atoms with Crippen molar-refractivity contribution in [2.45, 2.75) is 25.8 Å².